The van der Waals surface area contributed by atoms with E-state index in [-0.39, 0.29) is 0 Å². The second-order valence-electron chi connectivity index (χ2n) is 6.17. The molecular formula is C17H25N4OS2+. The highest BCUT2D eigenvalue weighted by atomic mass is 32.1. The lowest BCUT2D eigenvalue weighted by atomic mass is 10.0. The van der Waals surface area contributed by atoms with Gasteiger partial charge >= 0.3 is 0 Å². The Labute approximate surface area is 152 Å². The third-order valence-corrected chi connectivity index (χ3v) is 5.90. The van der Waals surface area contributed by atoms with Crippen LogP contribution in [0.3, 0.4) is 0 Å². The molecule has 130 valence electrons. The Hall–Kier alpha value is -1.44. The predicted molar refractivity (Wildman–Crippen MR) is 101 cm³/mol. The number of methoxy groups -OCH3 is 1. The van der Waals surface area contributed by atoms with Crippen molar-refractivity contribution in [2.75, 3.05) is 19.0 Å². The molecule has 0 bridgehead atoms. The highest BCUT2D eigenvalue weighted by Gasteiger charge is 2.25. The molecule has 0 amide bonds. The van der Waals surface area contributed by atoms with Crippen LogP contribution in [-0.2, 0) is 6.67 Å². The number of quaternary nitrogens is 1. The van der Waals surface area contributed by atoms with Gasteiger partial charge in [0.1, 0.15) is 5.75 Å². The average molecular weight is 366 g/mol. The molecule has 2 heterocycles. The molecule has 1 aliphatic heterocycles. The van der Waals surface area contributed by atoms with Crippen LogP contribution in [0.2, 0.25) is 0 Å². The van der Waals surface area contributed by atoms with E-state index in [0.717, 1.165) is 33.2 Å². The van der Waals surface area contributed by atoms with E-state index in [1.54, 1.807) is 12.0 Å². The van der Waals surface area contributed by atoms with Gasteiger partial charge in [-0.05, 0) is 50.0 Å². The number of aromatic nitrogens is 2. The molecule has 0 radical (unpaired) electrons. The predicted octanol–water partition coefficient (Wildman–Crippen LogP) is 3.23. The molecule has 24 heavy (non-hydrogen) atoms. The smallest absolute Gasteiger partial charge is 0.209 e. The number of ether oxygens (including phenoxy) is 1. The molecule has 2 aromatic rings. The number of hydrogen-bond acceptors (Lipinski definition) is 5. The number of benzene rings is 1. The first kappa shape index (κ1) is 17.4. The zero-order valence-electron chi connectivity index (χ0n) is 14.2. The van der Waals surface area contributed by atoms with E-state index in [9.17, 15) is 0 Å². The lowest BCUT2D eigenvalue weighted by Crippen LogP contribution is -3.15. The summed E-state index contributed by atoms with van der Waals surface area (Å²) in [5, 5.41) is 8.83. The molecule has 1 fully saturated rings. The Morgan fingerprint density at radius 1 is 1.42 bits per heavy atom. The van der Waals surface area contributed by atoms with E-state index in [2.05, 4.69) is 17.3 Å². The third kappa shape index (κ3) is 3.96. The fourth-order valence-electron chi connectivity index (χ4n) is 3.36. The molecule has 1 aromatic heterocycles. The lowest BCUT2D eigenvalue weighted by molar-refractivity contribution is -0.953. The number of piperidine rings is 1. The number of para-hydroxylation sites is 2. The van der Waals surface area contributed by atoms with Gasteiger partial charge in [0.15, 0.2) is 10.6 Å². The summed E-state index contributed by atoms with van der Waals surface area (Å²) in [6.45, 7) is 4.36. The SMILES string of the molecule is CC[C@@H]1CCCC[NH+]1Cn1nc(Nc2ccccc2OC)sc1=S. The third-order valence-electron chi connectivity index (χ3n) is 4.68. The molecule has 1 aromatic carbocycles. The summed E-state index contributed by atoms with van der Waals surface area (Å²) in [6.07, 6.45) is 5.19. The topological polar surface area (TPSA) is 43.5 Å². The van der Waals surface area contributed by atoms with E-state index in [4.69, 9.17) is 17.0 Å². The molecule has 0 saturated carbocycles. The molecule has 5 nitrogen and oxygen atoms in total. The van der Waals surface area contributed by atoms with Crippen LogP contribution in [0.1, 0.15) is 32.6 Å². The average Bonchev–Trinajstić information content (AvgIpc) is 2.95. The summed E-state index contributed by atoms with van der Waals surface area (Å²) in [4.78, 5) is 1.61. The van der Waals surface area contributed by atoms with Gasteiger partial charge < -0.3 is 15.0 Å². The van der Waals surface area contributed by atoms with Crippen LogP contribution >= 0.6 is 23.6 Å². The van der Waals surface area contributed by atoms with Crippen LogP contribution in [0.25, 0.3) is 0 Å². The maximum atomic E-state index is 5.53. The van der Waals surface area contributed by atoms with E-state index in [1.807, 2.05) is 28.9 Å². The maximum absolute atomic E-state index is 5.53. The van der Waals surface area contributed by atoms with Gasteiger partial charge in [-0.25, -0.2) is 0 Å². The summed E-state index contributed by atoms with van der Waals surface area (Å²) in [6, 6.07) is 8.58. The van der Waals surface area contributed by atoms with Crippen LogP contribution in [0.15, 0.2) is 24.3 Å². The Balaban J connectivity index is 1.74. The van der Waals surface area contributed by atoms with Crippen molar-refractivity contribution in [3.63, 3.8) is 0 Å². The van der Waals surface area contributed by atoms with Gasteiger partial charge in [-0.1, -0.05) is 30.4 Å². The summed E-state index contributed by atoms with van der Waals surface area (Å²) in [5.41, 5.74) is 0.910. The van der Waals surface area contributed by atoms with Gasteiger partial charge in [-0.2, -0.15) is 4.68 Å². The number of likely N-dealkylation sites (tertiary alicyclic amines) is 1. The summed E-state index contributed by atoms with van der Waals surface area (Å²) in [5.74, 6) is 0.804. The summed E-state index contributed by atoms with van der Waals surface area (Å²) < 4.78 is 8.18. The van der Waals surface area contributed by atoms with Crippen molar-refractivity contribution in [2.45, 2.75) is 45.3 Å². The number of hydrogen-bond donors (Lipinski definition) is 2. The van der Waals surface area contributed by atoms with Crippen molar-refractivity contribution in [1.82, 2.24) is 9.78 Å². The molecule has 7 heteroatoms. The van der Waals surface area contributed by atoms with E-state index >= 15 is 0 Å². The summed E-state index contributed by atoms with van der Waals surface area (Å²) in [7, 11) is 1.67. The first-order valence-electron chi connectivity index (χ1n) is 8.53. The van der Waals surface area contributed by atoms with Gasteiger partial charge in [-0.15, -0.1) is 5.10 Å². The van der Waals surface area contributed by atoms with E-state index in [0.29, 0.717) is 0 Å². The number of nitrogens with zero attached hydrogens (tertiary/aromatic N) is 2. The monoisotopic (exact) mass is 365 g/mol. The van der Waals surface area contributed by atoms with Crippen molar-refractivity contribution < 1.29 is 9.64 Å². The normalized spacial score (nSPS) is 20.8. The van der Waals surface area contributed by atoms with Gasteiger partial charge in [-0.3, -0.25) is 0 Å². The Kier molecular flexibility index (Phi) is 5.86. The molecule has 3 rings (SSSR count). The number of rotatable bonds is 6. The highest BCUT2D eigenvalue weighted by Crippen LogP contribution is 2.28. The van der Waals surface area contributed by atoms with Crippen LogP contribution in [0, 0.1) is 3.95 Å². The second-order valence-corrected chi connectivity index (χ2v) is 7.79. The lowest BCUT2D eigenvalue weighted by Gasteiger charge is -2.31. The van der Waals surface area contributed by atoms with Crippen molar-refractivity contribution in [1.29, 1.82) is 0 Å². The minimum absolute atomic E-state index is 0.730. The standard InChI is InChI=1S/C17H24N4OS2/c1-3-13-8-6-7-11-20(13)12-21-17(23)24-16(19-21)18-14-9-4-5-10-15(14)22-2/h4-5,9-10,13H,3,6-8,11-12H2,1-2H3,(H,18,19)/p+1/t13-/m1/s1. The molecule has 1 aliphatic rings. The van der Waals surface area contributed by atoms with E-state index < -0.39 is 0 Å². The number of nitrogens with one attached hydrogen (secondary N) is 2. The summed E-state index contributed by atoms with van der Waals surface area (Å²) >= 11 is 7.04. The zero-order chi connectivity index (χ0) is 16.9. The maximum Gasteiger partial charge on any atom is 0.209 e. The Bertz CT molecular complexity index is 727. The van der Waals surface area contributed by atoms with Crippen LogP contribution in [-0.4, -0.2) is 29.5 Å². The minimum atomic E-state index is 0.730. The largest absolute Gasteiger partial charge is 0.495 e. The van der Waals surface area contributed by atoms with Gasteiger partial charge in [0.2, 0.25) is 5.13 Å². The minimum Gasteiger partial charge on any atom is -0.495 e. The fourth-order valence-corrected chi connectivity index (χ4v) is 4.38. The van der Waals surface area contributed by atoms with Crippen LogP contribution < -0.4 is 15.0 Å². The Morgan fingerprint density at radius 3 is 3.04 bits per heavy atom. The molecule has 2 atom stereocenters. The first-order chi connectivity index (χ1) is 11.7. The molecule has 1 saturated heterocycles. The molecule has 2 N–H and O–H groups in total. The quantitative estimate of drug-likeness (QED) is 0.772. The van der Waals surface area contributed by atoms with Crippen LogP contribution in [0.4, 0.5) is 10.8 Å². The van der Waals surface area contributed by atoms with Crippen molar-refractivity contribution in [2.24, 2.45) is 0 Å². The van der Waals surface area contributed by atoms with E-state index in [1.165, 1.54) is 43.6 Å². The fraction of sp³-hybridized carbons (Fsp3) is 0.529. The number of anilines is 2. The first-order valence-corrected chi connectivity index (χ1v) is 9.76. The molecular weight excluding hydrogens is 340 g/mol. The van der Waals surface area contributed by atoms with Crippen LogP contribution in [0.5, 0.6) is 5.75 Å². The second kappa shape index (κ2) is 8.09. The Morgan fingerprint density at radius 2 is 2.25 bits per heavy atom. The van der Waals surface area contributed by atoms with Gasteiger partial charge in [0.25, 0.3) is 0 Å². The van der Waals surface area contributed by atoms with Crippen molar-refractivity contribution in [3.8, 4) is 5.75 Å². The zero-order valence-corrected chi connectivity index (χ0v) is 15.9. The molecule has 1 unspecified atom stereocenters. The van der Waals surface area contributed by atoms with Gasteiger partial charge in [0, 0.05) is 0 Å². The molecule has 0 spiro atoms. The van der Waals surface area contributed by atoms with Crippen molar-refractivity contribution in [3.05, 3.63) is 28.2 Å². The highest BCUT2D eigenvalue weighted by molar-refractivity contribution is 7.73. The van der Waals surface area contributed by atoms with Crippen molar-refractivity contribution >= 4 is 34.4 Å². The molecule has 0 aliphatic carbocycles. The van der Waals surface area contributed by atoms with Gasteiger partial charge in [0.05, 0.1) is 25.4 Å².